The number of amides is 1. The first kappa shape index (κ1) is 13.9. The maximum absolute atomic E-state index is 11.2. The number of rotatable bonds is 8. The molecule has 0 spiro atoms. The van der Waals surface area contributed by atoms with Crippen molar-refractivity contribution in [3.05, 3.63) is 0 Å². The number of aliphatic hydroxyl groups is 1. The first-order valence-corrected chi connectivity index (χ1v) is 4.95. The third-order valence-electron chi connectivity index (χ3n) is 1.91. The second kappa shape index (κ2) is 8.19. The highest BCUT2D eigenvalue weighted by atomic mass is 16.4. The molecule has 0 saturated carbocycles. The predicted octanol–water partition coefficient (Wildman–Crippen LogP) is -0.933. The van der Waals surface area contributed by atoms with Crippen LogP contribution in [0.5, 0.6) is 0 Å². The van der Waals surface area contributed by atoms with E-state index in [4.69, 9.17) is 15.9 Å². The van der Waals surface area contributed by atoms with E-state index < -0.39 is 12.0 Å². The van der Waals surface area contributed by atoms with Crippen molar-refractivity contribution in [1.29, 1.82) is 0 Å². The Morgan fingerprint density at radius 1 is 1.33 bits per heavy atom. The summed E-state index contributed by atoms with van der Waals surface area (Å²) in [5.41, 5.74) is 5.25. The fourth-order valence-electron chi connectivity index (χ4n) is 1.08. The topological polar surface area (TPSA) is 113 Å². The molecule has 15 heavy (non-hydrogen) atoms. The van der Waals surface area contributed by atoms with Crippen LogP contribution in [0.1, 0.15) is 25.7 Å². The maximum Gasteiger partial charge on any atom is 0.326 e. The molecule has 0 radical (unpaired) electrons. The Labute approximate surface area is 88.5 Å². The summed E-state index contributed by atoms with van der Waals surface area (Å²) in [6.07, 6.45) is 1.68. The van der Waals surface area contributed by atoms with Crippen molar-refractivity contribution in [3.63, 3.8) is 0 Å². The molecule has 0 fully saturated rings. The van der Waals surface area contributed by atoms with Crippen molar-refractivity contribution in [2.24, 2.45) is 5.73 Å². The monoisotopic (exact) mass is 218 g/mol. The summed E-state index contributed by atoms with van der Waals surface area (Å²) < 4.78 is 0. The average molecular weight is 218 g/mol. The quantitative estimate of drug-likeness (QED) is 0.393. The van der Waals surface area contributed by atoms with Gasteiger partial charge in [0, 0.05) is 19.4 Å². The molecular weight excluding hydrogens is 200 g/mol. The number of nitrogens with one attached hydrogen (secondary N) is 1. The molecular formula is C9H18N2O4. The summed E-state index contributed by atoms with van der Waals surface area (Å²) in [6, 6.07) is -1.000. The highest BCUT2D eigenvalue weighted by molar-refractivity contribution is 5.83. The number of carbonyl (C=O) groups is 2. The largest absolute Gasteiger partial charge is 0.480 e. The highest BCUT2D eigenvalue weighted by Gasteiger charge is 2.18. The maximum atomic E-state index is 11.2. The van der Waals surface area contributed by atoms with Crippen molar-refractivity contribution < 1.29 is 19.8 Å². The second-order valence-corrected chi connectivity index (χ2v) is 3.22. The standard InChI is InChI=1S/C9H18N2O4/c10-5-2-1-3-8(13)11-7(4-6-12)9(14)15/h7,12H,1-6,10H2,(H,11,13)(H,14,15)/t7-/m0/s1. The van der Waals surface area contributed by atoms with E-state index in [0.29, 0.717) is 13.0 Å². The summed E-state index contributed by atoms with van der Waals surface area (Å²) in [6.45, 7) is 0.256. The van der Waals surface area contributed by atoms with E-state index in [9.17, 15) is 9.59 Å². The Kier molecular flexibility index (Phi) is 7.57. The lowest BCUT2D eigenvalue weighted by Crippen LogP contribution is -2.41. The van der Waals surface area contributed by atoms with Crippen LogP contribution in [0.3, 0.4) is 0 Å². The van der Waals surface area contributed by atoms with Gasteiger partial charge in [0.15, 0.2) is 0 Å². The van der Waals surface area contributed by atoms with Gasteiger partial charge in [-0.1, -0.05) is 0 Å². The fraction of sp³-hybridized carbons (Fsp3) is 0.778. The molecule has 0 aliphatic rings. The van der Waals surface area contributed by atoms with Gasteiger partial charge < -0.3 is 21.3 Å². The van der Waals surface area contributed by atoms with E-state index in [-0.39, 0.29) is 25.4 Å². The van der Waals surface area contributed by atoms with Gasteiger partial charge in [0.05, 0.1) is 0 Å². The Hall–Kier alpha value is -1.14. The SMILES string of the molecule is NCCCCC(=O)N[C@@H](CCO)C(=O)O. The number of aliphatic hydroxyl groups excluding tert-OH is 1. The molecule has 6 nitrogen and oxygen atoms in total. The molecule has 6 heteroatoms. The van der Waals surface area contributed by atoms with Crippen molar-refractivity contribution in [1.82, 2.24) is 5.32 Å². The summed E-state index contributed by atoms with van der Waals surface area (Å²) in [5.74, 6) is -1.44. The molecule has 1 amide bonds. The van der Waals surface area contributed by atoms with Gasteiger partial charge in [-0.25, -0.2) is 4.79 Å². The van der Waals surface area contributed by atoms with E-state index >= 15 is 0 Å². The number of unbranched alkanes of at least 4 members (excludes halogenated alkanes) is 1. The van der Waals surface area contributed by atoms with Crippen LogP contribution in [0.15, 0.2) is 0 Å². The van der Waals surface area contributed by atoms with Gasteiger partial charge in [-0.2, -0.15) is 0 Å². The Morgan fingerprint density at radius 2 is 2.00 bits per heavy atom. The van der Waals surface area contributed by atoms with Crippen molar-refractivity contribution >= 4 is 11.9 Å². The number of hydrogen-bond acceptors (Lipinski definition) is 4. The van der Waals surface area contributed by atoms with E-state index in [0.717, 1.165) is 6.42 Å². The third kappa shape index (κ3) is 6.87. The first-order valence-electron chi connectivity index (χ1n) is 4.95. The predicted molar refractivity (Wildman–Crippen MR) is 54.2 cm³/mol. The smallest absolute Gasteiger partial charge is 0.326 e. The van der Waals surface area contributed by atoms with E-state index in [1.54, 1.807) is 0 Å². The van der Waals surface area contributed by atoms with E-state index in [2.05, 4.69) is 5.32 Å². The number of aliphatic carboxylic acids is 1. The lowest BCUT2D eigenvalue weighted by atomic mass is 10.2. The van der Waals surface area contributed by atoms with Crippen LogP contribution >= 0.6 is 0 Å². The van der Waals surface area contributed by atoms with Gasteiger partial charge in [-0.15, -0.1) is 0 Å². The number of hydrogen-bond donors (Lipinski definition) is 4. The Balaban J connectivity index is 3.84. The van der Waals surface area contributed by atoms with Gasteiger partial charge >= 0.3 is 5.97 Å². The lowest BCUT2D eigenvalue weighted by molar-refractivity contribution is -0.142. The molecule has 0 unspecified atom stereocenters. The van der Waals surface area contributed by atoms with Crippen LogP contribution in [0, 0.1) is 0 Å². The van der Waals surface area contributed by atoms with Gasteiger partial charge in [-0.3, -0.25) is 4.79 Å². The minimum atomic E-state index is -1.13. The first-order chi connectivity index (χ1) is 7.11. The highest BCUT2D eigenvalue weighted by Crippen LogP contribution is 1.97. The number of carboxylic acid groups (broad SMARTS) is 1. The molecule has 0 aromatic rings. The zero-order valence-corrected chi connectivity index (χ0v) is 8.61. The molecule has 5 N–H and O–H groups in total. The van der Waals surface area contributed by atoms with Crippen LogP contribution < -0.4 is 11.1 Å². The van der Waals surface area contributed by atoms with Crippen molar-refractivity contribution in [2.75, 3.05) is 13.2 Å². The van der Waals surface area contributed by atoms with E-state index in [1.807, 2.05) is 0 Å². The molecule has 0 heterocycles. The van der Waals surface area contributed by atoms with Crippen LogP contribution in [0.4, 0.5) is 0 Å². The number of carbonyl (C=O) groups excluding carboxylic acids is 1. The minimum Gasteiger partial charge on any atom is -0.480 e. The molecule has 0 aromatic carbocycles. The van der Waals surface area contributed by atoms with Crippen molar-refractivity contribution in [3.8, 4) is 0 Å². The number of carboxylic acids is 1. The van der Waals surface area contributed by atoms with Gasteiger partial charge in [-0.05, 0) is 19.4 Å². The second-order valence-electron chi connectivity index (χ2n) is 3.22. The molecule has 0 aliphatic carbocycles. The minimum absolute atomic E-state index is 0.0258. The van der Waals surface area contributed by atoms with E-state index in [1.165, 1.54) is 0 Å². The van der Waals surface area contributed by atoms with Gasteiger partial charge in [0.25, 0.3) is 0 Å². The average Bonchev–Trinajstić information content (AvgIpc) is 2.17. The molecule has 0 saturated heterocycles. The van der Waals surface area contributed by atoms with Crippen LogP contribution in [0.25, 0.3) is 0 Å². The molecule has 1 atom stereocenters. The zero-order chi connectivity index (χ0) is 11.7. The number of nitrogens with two attached hydrogens (primary N) is 1. The van der Waals surface area contributed by atoms with Crippen molar-refractivity contribution in [2.45, 2.75) is 31.7 Å². The van der Waals surface area contributed by atoms with Crippen LogP contribution in [-0.2, 0) is 9.59 Å². The molecule has 0 aliphatic heterocycles. The third-order valence-corrected chi connectivity index (χ3v) is 1.91. The molecule has 88 valence electrons. The molecule has 0 bridgehead atoms. The van der Waals surface area contributed by atoms with Crippen LogP contribution in [0.2, 0.25) is 0 Å². The summed E-state index contributed by atoms with van der Waals surface area (Å²) >= 11 is 0. The van der Waals surface area contributed by atoms with Crippen LogP contribution in [-0.4, -0.2) is 41.3 Å². The zero-order valence-electron chi connectivity index (χ0n) is 8.61. The molecule has 0 aromatic heterocycles. The lowest BCUT2D eigenvalue weighted by Gasteiger charge is -2.12. The summed E-state index contributed by atoms with van der Waals surface area (Å²) in [5, 5.41) is 19.6. The Morgan fingerprint density at radius 3 is 2.47 bits per heavy atom. The van der Waals surface area contributed by atoms with Gasteiger partial charge in [0.1, 0.15) is 6.04 Å². The molecule has 0 rings (SSSR count). The normalized spacial score (nSPS) is 12.1. The fourth-order valence-corrected chi connectivity index (χ4v) is 1.08. The summed E-state index contributed by atoms with van der Waals surface area (Å²) in [4.78, 5) is 21.8. The van der Waals surface area contributed by atoms with Gasteiger partial charge in [0.2, 0.25) is 5.91 Å². The Bertz CT molecular complexity index is 208. The summed E-state index contributed by atoms with van der Waals surface area (Å²) in [7, 11) is 0.